The Kier molecular flexibility index (Phi) is 3.23. The Balaban J connectivity index is 2.30. The van der Waals surface area contributed by atoms with E-state index in [1.807, 2.05) is 13.8 Å². The Labute approximate surface area is 104 Å². The van der Waals surface area contributed by atoms with Gasteiger partial charge in [0.15, 0.2) is 0 Å². The largest absolute Gasteiger partial charge is 0.478 e. The zero-order valence-corrected chi connectivity index (χ0v) is 10.0. The van der Waals surface area contributed by atoms with Crippen molar-refractivity contribution in [1.82, 2.24) is 9.97 Å². The van der Waals surface area contributed by atoms with Crippen LogP contribution >= 0.6 is 0 Å². The van der Waals surface area contributed by atoms with Gasteiger partial charge in [-0.1, -0.05) is 6.07 Å². The number of rotatable bonds is 3. The molecule has 0 amide bonds. The summed E-state index contributed by atoms with van der Waals surface area (Å²) in [6.45, 7) is 3.70. The quantitative estimate of drug-likeness (QED) is 0.898. The lowest BCUT2D eigenvalue weighted by Gasteiger charge is -2.07. The summed E-state index contributed by atoms with van der Waals surface area (Å²) in [5, 5.41) is 8.92. The van der Waals surface area contributed by atoms with Gasteiger partial charge in [0.1, 0.15) is 5.75 Å². The number of carboxylic acids is 1. The predicted octanol–water partition coefficient (Wildman–Crippen LogP) is 2.58. The van der Waals surface area contributed by atoms with E-state index in [4.69, 9.17) is 9.84 Å². The average molecular weight is 244 g/mol. The molecule has 1 N–H and O–H groups in total. The van der Waals surface area contributed by atoms with Crippen LogP contribution in [-0.4, -0.2) is 21.0 Å². The number of aryl methyl sites for hydroxylation is 2. The van der Waals surface area contributed by atoms with Gasteiger partial charge in [0.25, 0.3) is 0 Å². The van der Waals surface area contributed by atoms with Crippen LogP contribution in [0.25, 0.3) is 0 Å². The molecule has 2 rings (SSSR count). The van der Waals surface area contributed by atoms with Crippen LogP contribution in [0.3, 0.4) is 0 Å². The smallest absolute Gasteiger partial charge is 0.335 e. The average Bonchev–Trinajstić information content (AvgIpc) is 2.34. The Morgan fingerprint density at radius 2 is 1.89 bits per heavy atom. The van der Waals surface area contributed by atoms with Crippen molar-refractivity contribution in [3.05, 3.63) is 47.3 Å². The van der Waals surface area contributed by atoms with E-state index < -0.39 is 5.97 Å². The highest BCUT2D eigenvalue weighted by molar-refractivity contribution is 5.88. The van der Waals surface area contributed by atoms with E-state index in [1.165, 1.54) is 12.1 Å². The molecule has 92 valence electrons. The van der Waals surface area contributed by atoms with E-state index in [2.05, 4.69) is 9.97 Å². The third-order valence-corrected chi connectivity index (χ3v) is 2.39. The molecule has 0 saturated carbocycles. The molecule has 5 nitrogen and oxygen atoms in total. The minimum Gasteiger partial charge on any atom is -0.478 e. The van der Waals surface area contributed by atoms with Gasteiger partial charge in [0.2, 0.25) is 0 Å². The molecular formula is C13H12N2O3. The highest BCUT2D eigenvalue weighted by Crippen LogP contribution is 2.23. The predicted molar refractivity (Wildman–Crippen MR) is 65.0 cm³/mol. The first-order valence-corrected chi connectivity index (χ1v) is 5.36. The molecule has 1 heterocycles. The third-order valence-electron chi connectivity index (χ3n) is 2.39. The third kappa shape index (κ3) is 2.63. The number of benzene rings is 1. The number of hydrogen-bond acceptors (Lipinski definition) is 4. The van der Waals surface area contributed by atoms with Crippen LogP contribution < -0.4 is 4.74 Å². The summed E-state index contributed by atoms with van der Waals surface area (Å²) in [7, 11) is 0. The fourth-order valence-electron chi connectivity index (χ4n) is 1.37. The molecule has 0 radical (unpaired) electrons. The van der Waals surface area contributed by atoms with Gasteiger partial charge in [-0.3, -0.25) is 0 Å². The zero-order chi connectivity index (χ0) is 13.1. The summed E-state index contributed by atoms with van der Waals surface area (Å²) in [6.07, 6.45) is 3.28. The first kappa shape index (κ1) is 12.0. The number of carboxylic acid groups (broad SMARTS) is 1. The number of nitrogens with zero attached hydrogens (tertiary/aromatic N) is 2. The van der Waals surface area contributed by atoms with Gasteiger partial charge < -0.3 is 9.84 Å². The second-order valence-electron chi connectivity index (χ2n) is 3.93. The molecule has 0 unspecified atom stereocenters. The van der Waals surface area contributed by atoms with Crippen molar-refractivity contribution in [2.45, 2.75) is 13.8 Å². The lowest BCUT2D eigenvalue weighted by Crippen LogP contribution is -1.99. The second kappa shape index (κ2) is 4.83. The fraction of sp³-hybridized carbons (Fsp3) is 0.154. The number of carbonyl (C=O) groups is 1. The molecule has 0 saturated heterocycles. The molecule has 2 aromatic rings. The van der Waals surface area contributed by atoms with Gasteiger partial charge in [-0.05, 0) is 37.1 Å². The van der Waals surface area contributed by atoms with Crippen molar-refractivity contribution in [2.24, 2.45) is 0 Å². The zero-order valence-electron chi connectivity index (χ0n) is 10.0. The van der Waals surface area contributed by atoms with Crippen LogP contribution in [0.4, 0.5) is 0 Å². The first-order valence-electron chi connectivity index (χ1n) is 5.36. The number of aromatic carboxylic acids is 1. The normalized spacial score (nSPS) is 10.1. The van der Waals surface area contributed by atoms with Crippen molar-refractivity contribution in [2.75, 3.05) is 0 Å². The van der Waals surface area contributed by atoms with E-state index in [0.29, 0.717) is 5.75 Å². The molecule has 0 fully saturated rings. The second-order valence-corrected chi connectivity index (χ2v) is 3.93. The summed E-state index contributed by atoms with van der Waals surface area (Å²) < 4.78 is 5.47. The summed E-state index contributed by atoms with van der Waals surface area (Å²) >= 11 is 0. The molecule has 1 aromatic carbocycles. The van der Waals surface area contributed by atoms with Crippen LogP contribution in [0.1, 0.15) is 21.5 Å². The van der Waals surface area contributed by atoms with Crippen LogP contribution in [0.15, 0.2) is 30.6 Å². The van der Waals surface area contributed by atoms with Crippen LogP contribution in [0.5, 0.6) is 11.8 Å². The maximum atomic E-state index is 10.9. The monoisotopic (exact) mass is 244 g/mol. The highest BCUT2D eigenvalue weighted by Gasteiger charge is 2.08. The van der Waals surface area contributed by atoms with Gasteiger partial charge in [0, 0.05) is 12.4 Å². The molecule has 0 aliphatic heterocycles. The van der Waals surface area contributed by atoms with E-state index in [9.17, 15) is 4.79 Å². The fourth-order valence-corrected chi connectivity index (χ4v) is 1.37. The molecule has 0 aliphatic rings. The van der Waals surface area contributed by atoms with E-state index in [-0.39, 0.29) is 11.6 Å². The molecule has 18 heavy (non-hydrogen) atoms. The topological polar surface area (TPSA) is 72.3 Å². The van der Waals surface area contributed by atoms with Gasteiger partial charge in [-0.25, -0.2) is 14.8 Å². The van der Waals surface area contributed by atoms with Crippen molar-refractivity contribution < 1.29 is 14.6 Å². The van der Waals surface area contributed by atoms with Gasteiger partial charge in [-0.15, -0.1) is 0 Å². The Bertz CT molecular complexity index is 579. The maximum Gasteiger partial charge on any atom is 0.335 e. The summed E-state index contributed by atoms with van der Waals surface area (Å²) in [4.78, 5) is 18.9. The van der Waals surface area contributed by atoms with E-state index >= 15 is 0 Å². The van der Waals surface area contributed by atoms with E-state index in [1.54, 1.807) is 18.5 Å². The molecule has 0 aliphatic carbocycles. The molecule has 0 spiro atoms. The lowest BCUT2D eigenvalue weighted by molar-refractivity contribution is 0.0696. The Hall–Kier alpha value is -2.43. The van der Waals surface area contributed by atoms with Crippen molar-refractivity contribution in [1.29, 1.82) is 0 Å². The molecular weight excluding hydrogens is 232 g/mol. The van der Waals surface area contributed by atoms with Crippen LogP contribution in [-0.2, 0) is 0 Å². The lowest BCUT2D eigenvalue weighted by atomic mass is 10.1. The number of hydrogen-bond donors (Lipinski definition) is 1. The minimum absolute atomic E-state index is 0.169. The summed E-state index contributed by atoms with van der Waals surface area (Å²) in [6, 6.07) is 4.88. The SMILES string of the molecule is Cc1cnc(Oc2cc(C(=O)O)ccc2C)nc1. The molecule has 5 heteroatoms. The summed E-state index contributed by atoms with van der Waals surface area (Å²) in [5.41, 5.74) is 1.92. The Morgan fingerprint density at radius 1 is 1.22 bits per heavy atom. The molecule has 1 aromatic heterocycles. The van der Waals surface area contributed by atoms with Gasteiger partial charge >= 0.3 is 12.0 Å². The summed E-state index contributed by atoms with van der Waals surface area (Å²) in [5.74, 6) is -0.552. The standard InChI is InChI=1S/C13H12N2O3/c1-8-6-14-13(15-7-8)18-11-5-10(12(16)17)4-3-9(11)2/h3-7H,1-2H3,(H,16,17). The van der Waals surface area contributed by atoms with Crippen LogP contribution in [0.2, 0.25) is 0 Å². The highest BCUT2D eigenvalue weighted by atomic mass is 16.5. The number of aromatic nitrogens is 2. The van der Waals surface area contributed by atoms with Crippen LogP contribution in [0, 0.1) is 13.8 Å². The number of ether oxygens (including phenoxy) is 1. The van der Waals surface area contributed by atoms with Crippen molar-refractivity contribution in [3.63, 3.8) is 0 Å². The van der Waals surface area contributed by atoms with Crippen molar-refractivity contribution >= 4 is 5.97 Å². The maximum absolute atomic E-state index is 10.9. The molecule has 0 bridgehead atoms. The van der Waals surface area contributed by atoms with Gasteiger partial charge in [0.05, 0.1) is 5.56 Å². The minimum atomic E-state index is -0.996. The molecule has 0 atom stereocenters. The first-order chi connectivity index (χ1) is 8.56. The van der Waals surface area contributed by atoms with Crippen molar-refractivity contribution in [3.8, 4) is 11.8 Å². The van der Waals surface area contributed by atoms with Gasteiger partial charge in [-0.2, -0.15) is 0 Å². The van der Waals surface area contributed by atoms with E-state index in [0.717, 1.165) is 11.1 Å². The Morgan fingerprint density at radius 3 is 2.50 bits per heavy atom.